The predicted molar refractivity (Wildman–Crippen MR) is 117 cm³/mol. The van der Waals surface area contributed by atoms with Crippen LogP contribution in [0.5, 0.6) is 0 Å². The Labute approximate surface area is 176 Å². The molecule has 0 aliphatic heterocycles. The van der Waals surface area contributed by atoms with Gasteiger partial charge in [0.2, 0.25) is 0 Å². The minimum absolute atomic E-state index is 0.310. The molecule has 0 bridgehead atoms. The molecule has 0 unspecified atom stereocenters. The van der Waals surface area contributed by atoms with Crippen LogP contribution in [0.15, 0.2) is 0 Å². The lowest BCUT2D eigenvalue weighted by Crippen LogP contribution is -2.44. The highest BCUT2D eigenvalue weighted by Crippen LogP contribution is 2.47. The number of alkyl carbamates (subject to hydrolysis) is 1. The molecule has 1 atom stereocenters. The standard InChI is InChI=1S/C19H40NO7PSi/c1-19(2,3)27-18(22)20-16(17(21)26-13-15-29(6,7)8)12-10-9-11-14-28(23,24-4)25-5/h16H,9-15H2,1-8H3,(H,20,22)/t16-/m0/s1. The predicted octanol–water partition coefficient (Wildman–Crippen LogP) is 4.81. The molecule has 0 aromatic rings. The average molecular weight is 454 g/mol. The van der Waals surface area contributed by atoms with Crippen molar-refractivity contribution in [3.63, 3.8) is 0 Å². The van der Waals surface area contributed by atoms with Crippen LogP contribution in [0, 0.1) is 0 Å². The van der Waals surface area contributed by atoms with E-state index in [4.69, 9.17) is 18.5 Å². The molecule has 29 heavy (non-hydrogen) atoms. The van der Waals surface area contributed by atoms with Crippen molar-refractivity contribution < 1.29 is 32.7 Å². The minimum Gasteiger partial charge on any atom is -0.464 e. The number of rotatable bonds is 13. The molecule has 8 nitrogen and oxygen atoms in total. The average Bonchev–Trinajstić information content (AvgIpc) is 2.57. The maximum absolute atomic E-state index is 12.5. The van der Waals surface area contributed by atoms with Gasteiger partial charge in [-0.25, -0.2) is 9.59 Å². The van der Waals surface area contributed by atoms with E-state index in [0.717, 1.165) is 6.04 Å². The molecule has 10 heteroatoms. The molecule has 0 spiro atoms. The Bertz CT molecular complexity index is 550. The van der Waals surface area contributed by atoms with Crippen molar-refractivity contribution >= 4 is 27.7 Å². The number of esters is 1. The topological polar surface area (TPSA) is 100 Å². The lowest BCUT2D eigenvalue weighted by Gasteiger charge is -2.23. The summed E-state index contributed by atoms with van der Waals surface area (Å²) in [4.78, 5) is 24.6. The van der Waals surface area contributed by atoms with Crippen LogP contribution in [0.4, 0.5) is 4.79 Å². The van der Waals surface area contributed by atoms with E-state index in [9.17, 15) is 14.2 Å². The van der Waals surface area contributed by atoms with Crippen LogP contribution in [-0.4, -0.2) is 58.8 Å². The van der Waals surface area contributed by atoms with E-state index in [1.807, 2.05) is 0 Å². The van der Waals surface area contributed by atoms with Gasteiger partial charge in [0.25, 0.3) is 0 Å². The van der Waals surface area contributed by atoms with Gasteiger partial charge >= 0.3 is 19.7 Å². The van der Waals surface area contributed by atoms with Gasteiger partial charge in [0.05, 0.1) is 12.8 Å². The van der Waals surface area contributed by atoms with Crippen molar-refractivity contribution in [1.29, 1.82) is 0 Å². The molecule has 0 rings (SSSR count). The van der Waals surface area contributed by atoms with Crippen molar-refractivity contribution in [2.75, 3.05) is 27.0 Å². The Morgan fingerprint density at radius 2 is 1.62 bits per heavy atom. The molecule has 0 fully saturated rings. The van der Waals surface area contributed by atoms with Gasteiger partial charge in [-0.3, -0.25) is 4.57 Å². The highest BCUT2D eigenvalue weighted by atomic mass is 31.2. The molecule has 0 aliphatic rings. The molecular weight excluding hydrogens is 413 g/mol. The van der Waals surface area contributed by atoms with Crippen molar-refractivity contribution in [1.82, 2.24) is 5.32 Å². The first-order chi connectivity index (χ1) is 13.2. The molecule has 0 aromatic heterocycles. The third-order valence-corrected chi connectivity index (χ3v) is 7.73. The number of hydrogen-bond donors (Lipinski definition) is 1. The quantitative estimate of drug-likeness (QED) is 0.185. The number of unbranched alkanes of at least 4 members (excludes halogenated alkanes) is 2. The van der Waals surface area contributed by atoms with Crippen LogP contribution in [-0.2, 0) is 27.9 Å². The highest BCUT2D eigenvalue weighted by Gasteiger charge is 2.26. The fourth-order valence-corrected chi connectivity index (χ4v) is 4.18. The van der Waals surface area contributed by atoms with Gasteiger partial charge in [-0.05, 0) is 39.7 Å². The van der Waals surface area contributed by atoms with Crippen LogP contribution < -0.4 is 5.32 Å². The van der Waals surface area contributed by atoms with Crippen molar-refractivity contribution in [2.24, 2.45) is 0 Å². The second kappa shape index (κ2) is 12.7. The van der Waals surface area contributed by atoms with E-state index in [1.54, 1.807) is 20.8 Å². The maximum atomic E-state index is 12.5. The summed E-state index contributed by atoms with van der Waals surface area (Å²) in [5.74, 6) is -0.450. The van der Waals surface area contributed by atoms with Gasteiger partial charge in [-0.15, -0.1) is 0 Å². The monoisotopic (exact) mass is 453 g/mol. The number of amides is 1. The normalized spacial score (nSPS) is 13.7. The summed E-state index contributed by atoms with van der Waals surface area (Å²) in [6.07, 6.45) is 2.07. The fourth-order valence-electron chi connectivity index (χ4n) is 2.34. The van der Waals surface area contributed by atoms with Gasteiger partial charge in [-0.1, -0.05) is 32.5 Å². The third kappa shape index (κ3) is 14.7. The summed E-state index contributed by atoms with van der Waals surface area (Å²) in [5.41, 5.74) is -0.655. The molecule has 0 saturated heterocycles. The summed E-state index contributed by atoms with van der Waals surface area (Å²) in [5, 5.41) is 2.62. The second-order valence-corrected chi connectivity index (χ2v) is 17.2. The van der Waals surface area contributed by atoms with E-state index in [1.165, 1.54) is 14.2 Å². The molecule has 0 heterocycles. The molecule has 0 aromatic carbocycles. The molecule has 1 N–H and O–H groups in total. The third-order valence-electron chi connectivity index (χ3n) is 4.05. The number of carbonyl (C=O) groups excluding carboxylic acids is 2. The zero-order valence-electron chi connectivity index (χ0n) is 19.3. The van der Waals surface area contributed by atoms with Crippen LogP contribution in [0.25, 0.3) is 0 Å². The molecule has 0 saturated carbocycles. The smallest absolute Gasteiger partial charge is 0.408 e. The highest BCUT2D eigenvalue weighted by molar-refractivity contribution is 7.53. The van der Waals surface area contributed by atoms with E-state index >= 15 is 0 Å². The first kappa shape index (κ1) is 28.1. The summed E-state index contributed by atoms with van der Waals surface area (Å²) in [7, 11) is -1.62. The van der Waals surface area contributed by atoms with Crippen LogP contribution >= 0.6 is 7.60 Å². The Kier molecular flexibility index (Phi) is 12.3. The zero-order valence-corrected chi connectivity index (χ0v) is 21.2. The maximum Gasteiger partial charge on any atom is 0.408 e. The minimum atomic E-state index is -3.02. The second-order valence-electron chi connectivity index (χ2n) is 9.23. The van der Waals surface area contributed by atoms with Crippen molar-refractivity contribution in [3.05, 3.63) is 0 Å². The molecule has 1 amide bonds. The Morgan fingerprint density at radius 1 is 1.03 bits per heavy atom. The Balaban J connectivity index is 4.68. The van der Waals surface area contributed by atoms with Gasteiger partial charge < -0.3 is 23.8 Å². The van der Waals surface area contributed by atoms with Crippen LogP contribution in [0.3, 0.4) is 0 Å². The molecular formula is C19H40NO7PSi. The first-order valence-corrected chi connectivity index (χ1v) is 15.5. The molecule has 0 aliphatic carbocycles. The zero-order chi connectivity index (χ0) is 22.7. The van der Waals surface area contributed by atoms with Crippen molar-refractivity contribution in [2.45, 2.75) is 83.8 Å². The van der Waals surface area contributed by atoms with E-state index in [-0.39, 0.29) is 0 Å². The van der Waals surface area contributed by atoms with E-state index < -0.39 is 39.4 Å². The molecule has 0 radical (unpaired) electrons. The van der Waals surface area contributed by atoms with Gasteiger partial charge in [0.1, 0.15) is 11.6 Å². The lowest BCUT2D eigenvalue weighted by atomic mass is 10.1. The summed E-state index contributed by atoms with van der Waals surface area (Å²) >= 11 is 0. The Hall–Kier alpha value is -0.893. The fraction of sp³-hybridized carbons (Fsp3) is 0.895. The van der Waals surface area contributed by atoms with E-state index in [2.05, 4.69) is 25.0 Å². The number of hydrogen-bond acceptors (Lipinski definition) is 7. The van der Waals surface area contributed by atoms with E-state index in [0.29, 0.717) is 38.5 Å². The van der Waals surface area contributed by atoms with Gasteiger partial charge in [0.15, 0.2) is 0 Å². The van der Waals surface area contributed by atoms with Crippen LogP contribution in [0.1, 0.15) is 46.5 Å². The van der Waals surface area contributed by atoms with Gasteiger partial charge in [0, 0.05) is 22.3 Å². The summed E-state index contributed by atoms with van der Waals surface area (Å²) < 4.78 is 32.5. The number of nitrogens with one attached hydrogen (secondary N) is 1. The van der Waals surface area contributed by atoms with Crippen LogP contribution in [0.2, 0.25) is 25.7 Å². The largest absolute Gasteiger partial charge is 0.464 e. The van der Waals surface area contributed by atoms with Gasteiger partial charge in [-0.2, -0.15) is 0 Å². The molecule has 172 valence electrons. The lowest BCUT2D eigenvalue weighted by molar-refractivity contribution is -0.145. The summed E-state index contributed by atoms with van der Waals surface area (Å²) in [6.45, 7) is 12.3. The number of ether oxygens (including phenoxy) is 2. The summed E-state index contributed by atoms with van der Waals surface area (Å²) in [6, 6.07) is 0.0874. The van der Waals surface area contributed by atoms with Crippen molar-refractivity contribution in [3.8, 4) is 0 Å². The number of carbonyl (C=O) groups is 2. The Morgan fingerprint density at radius 3 is 2.10 bits per heavy atom. The SMILES string of the molecule is COP(=O)(CCCCC[C@H](NC(=O)OC(C)(C)C)C(=O)OCC[Si](C)(C)C)OC. The first-order valence-electron chi connectivity index (χ1n) is 10.1.